The van der Waals surface area contributed by atoms with E-state index >= 15 is 0 Å². The Hall–Kier alpha value is -1.91. The Labute approximate surface area is 107 Å². The van der Waals surface area contributed by atoms with Crippen molar-refractivity contribution in [3.63, 3.8) is 0 Å². The van der Waals surface area contributed by atoms with Crippen molar-refractivity contribution in [1.82, 2.24) is 10.3 Å². The number of ether oxygens (including phenoxy) is 1. The molecule has 0 saturated carbocycles. The lowest BCUT2D eigenvalue weighted by atomic mass is 10.1. The molecule has 1 amide bonds. The van der Waals surface area contributed by atoms with Gasteiger partial charge in [0.2, 0.25) is 0 Å². The highest BCUT2D eigenvalue weighted by atomic mass is 16.5. The van der Waals surface area contributed by atoms with Crippen molar-refractivity contribution in [3.8, 4) is 0 Å². The number of carbonyl (C=O) groups excluding carboxylic acids is 2. The van der Waals surface area contributed by atoms with Gasteiger partial charge >= 0.3 is 5.97 Å². The minimum Gasteiger partial charge on any atom is -0.467 e. The molecule has 1 heterocycles. The third-order valence-electron chi connectivity index (χ3n) is 2.53. The Bertz CT molecular complexity index is 392. The highest BCUT2D eigenvalue weighted by Gasteiger charge is 2.21. The number of nitrogens with zero attached hydrogens (tertiary/aromatic N) is 1. The molecule has 0 aliphatic heterocycles. The second-order valence-corrected chi connectivity index (χ2v) is 3.91. The van der Waals surface area contributed by atoms with Gasteiger partial charge in [-0.15, -0.1) is 0 Å². The van der Waals surface area contributed by atoms with E-state index in [4.69, 9.17) is 0 Å². The summed E-state index contributed by atoms with van der Waals surface area (Å²) in [4.78, 5) is 27.3. The molecule has 18 heavy (non-hydrogen) atoms. The van der Waals surface area contributed by atoms with E-state index in [2.05, 4.69) is 15.0 Å². The maximum Gasteiger partial charge on any atom is 0.328 e. The molecular weight excluding hydrogens is 232 g/mol. The molecule has 1 rings (SSSR count). The molecule has 0 spiro atoms. The zero-order valence-corrected chi connectivity index (χ0v) is 10.7. The molecule has 1 N–H and O–H groups in total. The molecule has 1 aromatic heterocycles. The molecule has 0 radical (unpaired) electrons. The van der Waals surface area contributed by atoms with Crippen molar-refractivity contribution in [1.29, 1.82) is 0 Å². The van der Waals surface area contributed by atoms with Crippen LogP contribution < -0.4 is 5.32 Å². The first-order valence-electron chi connectivity index (χ1n) is 5.98. The van der Waals surface area contributed by atoms with Crippen molar-refractivity contribution >= 4 is 11.9 Å². The van der Waals surface area contributed by atoms with Gasteiger partial charge in [0.05, 0.1) is 7.11 Å². The zero-order valence-electron chi connectivity index (χ0n) is 10.7. The van der Waals surface area contributed by atoms with E-state index in [0.29, 0.717) is 12.1 Å². The Morgan fingerprint density at radius 2 is 2.22 bits per heavy atom. The number of nitrogens with one attached hydrogen (secondary N) is 1. The highest BCUT2D eigenvalue weighted by molar-refractivity contribution is 5.95. The maximum absolute atomic E-state index is 11.9. The highest BCUT2D eigenvalue weighted by Crippen LogP contribution is 2.04. The quantitative estimate of drug-likeness (QED) is 0.778. The van der Waals surface area contributed by atoms with Gasteiger partial charge in [-0.1, -0.05) is 25.8 Å². The number of carbonyl (C=O) groups is 2. The minimum atomic E-state index is -0.607. The first kappa shape index (κ1) is 14.2. The fourth-order valence-electron chi connectivity index (χ4n) is 1.53. The maximum atomic E-state index is 11.9. The number of pyridine rings is 1. The van der Waals surface area contributed by atoms with Crippen LogP contribution in [0.2, 0.25) is 0 Å². The molecule has 1 atom stereocenters. The Kier molecular flexibility index (Phi) is 5.84. The van der Waals surface area contributed by atoms with Crippen molar-refractivity contribution in [2.24, 2.45) is 0 Å². The van der Waals surface area contributed by atoms with Crippen LogP contribution in [-0.4, -0.2) is 30.0 Å². The molecule has 0 saturated heterocycles. The molecule has 0 aliphatic rings. The van der Waals surface area contributed by atoms with Crippen LogP contribution in [0.15, 0.2) is 24.4 Å². The van der Waals surface area contributed by atoms with E-state index in [1.165, 1.54) is 13.3 Å². The second kappa shape index (κ2) is 7.42. The predicted octanol–water partition coefficient (Wildman–Crippen LogP) is 1.54. The molecule has 98 valence electrons. The normalized spacial score (nSPS) is 11.7. The lowest BCUT2D eigenvalue weighted by Crippen LogP contribution is -2.41. The van der Waals surface area contributed by atoms with Gasteiger partial charge in [-0.2, -0.15) is 0 Å². The molecule has 0 aliphatic carbocycles. The minimum absolute atomic E-state index is 0.294. The van der Waals surface area contributed by atoms with E-state index in [9.17, 15) is 9.59 Å². The van der Waals surface area contributed by atoms with Crippen molar-refractivity contribution in [2.45, 2.75) is 32.2 Å². The van der Waals surface area contributed by atoms with Crippen molar-refractivity contribution < 1.29 is 14.3 Å². The van der Waals surface area contributed by atoms with E-state index in [1.807, 2.05) is 6.92 Å². The smallest absolute Gasteiger partial charge is 0.328 e. The van der Waals surface area contributed by atoms with Crippen LogP contribution in [0.1, 0.15) is 36.7 Å². The van der Waals surface area contributed by atoms with Crippen LogP contribution in [0.5, 0.6) is 0 Å². The first-order chi connectivity index (χ1) is 8.69. The Balaban J connectivity index is 2.65. The number of unbranched alkanes of at least 4 members (excludes halogenated alkanes) is 1. The number of hydrogen-bond acceptors (Lipinski definition) is 4. The van der Waals surface area contributed by atoms with Gasteiger partial charge in [0.25, 0.3) is 5.91 Å². The molecule has 5 nitrogen and oxygen atoms in total. The van der Waals surface area contributed by atoms with Gasteiger partial charge in [-0.3, -0.25) is 9.78 Å². The molecule has 0 unspecified atom stereocenters. The van der Waals surface area contributed by atoms with E-state index in [-0.39, 0.29) is 5.91 Å². The first-order valence-corrected chi connectivity index (χ1v) is 5.98. The Morgan fingerprint density at radius 3 is 2.78 bits per heavy atom. The van der Waals surface area contributed by atoms with Crippen LogP contribution in [0.3, 0.4) is 0 Å². The summed E-state index contributed by atoms with van der Waals surface area (Å²) in [6.45, 7) is 2.02. The molecule has 0 fully saturated rings. The average molecular weight is 250 g/mol. The van der Waals surface area contributed by atoms with Crippen LogP contribution in [0, 0.1) is 0 Å². The SMILES string of the molecule is CCCC[C@@H](NC(=O)c1ccccn1)C(=O)OC. The van der Waals surface area contributed by atoms with E-state index in [1.54, 1.807) is 18.2 Å². The lowest BCUT2D eigenvalue weighted by Gasteiger charge is -2.15. The van der Waals surface area contributed by atoms with Crippen molar-refractivity contribution in [3.05, 3.63) is 30.1 Å². The number of amides is 1. The summed E-state index contributed by atoms with van der Waals surface area (Å²) in [7, 11) is 1.31. The van der Waals surface area contributed by atoms with Gasteiger partial charge in [0, 0.05) is 6.20 Å². The predicted molar refractivity (Wildman–Crippen MR) is 67.0 cm³/mol. The second-order valence-electron chi connectivity index (χ2n) is 3.91. The van der Waals surface area contributed by atoms with Gasteiger partial charge < -0.3 is 10.1 Å². The fourth-order valence-corrected chi connectivity index (χ4v) is 1.53. The van der Waals surface area contributed by atoms with Gasteiger partial charge in [-0.05, 0) is 18.6 Å². The fraction of sp³-hybridized carbons (Fsp3) is 0.462. The van der Waals surface area contributed by atoms with Gasteiger partial charge in [0.1, 0.15) is 11.7 Å². The average Bonchev–Trinajstić information content (AvgIpc) is 2.43. The molecule has 0 aromatic carbocycles. The van der Waals surface area contributed by atoms with Crippen LogP contribution in [-0.2, 0) is 9.53 Å². The largest absolute Gasteiger partial charge is 0.467 e. The Morgan fingerprint density at radius 1 is 1.44 bits per heavy atom. The summed E-state index contributed by atoms with van der Waals surface area (Å²) in [6.07, 6.45) is 3.91. The van der Waals surface area contributed by atoms with E-state index in [0.717, 1.165) is 12.8 Å². The number of esters is 1. The summed E-state index contributed by atoms with van der Waals surface area (Å²) in [5.74, 6) is -0.783. The van der Waals surface area contributed by atoms with Crippen LogP contribution in [0.25, 0.3) is 0 Å². The standard InChI is InChI=1S/C13H18N2O3/c1-3-4-7-11(13(17)18-2)15-12(16)10-8-5-6-9-14-10/h5-6,8-9,11H,3-4,7H2,1-2H3,(H,15,16)/t11-/m1/s1. The summed E-state index contributed by atoms with van der Waals surface area (Å²) in [5.41, 5.74) is 0.294. The summed E-state index contributed by atoms with van der Waals surface area (Å²) in [5, 5.41) is 2.64. The summed E-state index contributed by atoms with van der Waals surface area (Å²) in [6, 6.07) is 4.44. The van der Waals surface area contributed by atoms with Crippen LogP contribution in [0.4, 0.5) is 0 Å². The molecular formula is C13H18N2O3. The zero-order chi connectivity index (χ0) is 13.4. The van der Waals surface area contributed by atoms with Crippen LogP contribution >= 0.6 is 0 Å². The number of methoxy groups -OCH3 is 1. The number of aromatic nitrogens is 1. The third-order valence-corrected chi connectivity index (χ3v) is 2.53. The van der Waals surface area contributed by atoms with E-state index < -0.39 is 12.0 Å². The molecule has 0 bridgehead atoms. The number of hydrogen-bond donors (Lipinski definition) is 1. The lowest BCUT2D eigenvalue weighted by molar-refractivity contribution is -0.143. The molecule has 1 aromatic rings. The third kappa shape index (κ3) is 4.16. The monoisotopic (exact) mass is 250 g/mol. The molecule has 5 heteroatoms. The topological polar surface area (TPSA) is 68.3 Å². The number of rotatable bonds is 6. The van der Waals surface area contributed by atoms with Gasteiger partial charge in [-0.25, -0.2) is 4.79 Å². The summed E-state index contributed by atoms with van der Waals surface area (Å²) < 4.78 is 4.67. The summed E-state index contributed by atoms with van der Waals surface area (Å²) >= 11 is 0. The van der Waals surface area contributed by atoms with Gasteiger partial charge in [0.15, 0.2) is 0 Å². The van der Waals surface area contributed by atoms with Crippen molar-refractivity contribution in [2.75, 3.05) is 7.11 Å².